The number of hydrogen-bond acceptors (Lipinski definition) is 1. The number of alkyl halides is 1. The fraction of sp³-hybridized carbons (Fsp3) is 0.273. The number of aliphatic hydroxyl groups excluding tert-OH is 1. The maximum Gasteiger partial charge on any atom is 0.0479 e. The normalized spacial score (nSPS) is 10.9. The van der Waals surface area contributed by atoms with E-state index in [0.29, 0.717) is 12.3 Å². The third-order valence-electron chi connectivity index (χ3n) is 1.79. The summed E-state index contributed by atoms with van der Waals surface area (Å²) in [6, 6.07) is 7.98. The average molecular weight is 197 g/mol. The number of hydrogen-bond donors (Lipinski definition) is 1. The van der Waals surface area contributed by atoms with Crippen molar-refractivity contribution in [2.45, 2.75) is 12.3 Å². The van der Waals surface area contributed by atoms with Crippen molar-refractivity contribution in [3.63, 3.8) is 0 Å². The number of rotatable bonds is 4. The summed E-state index contributed by atoms with van der Waals surface area (Å²) in [5, 5.41) is 8.59. The Labute approximate surface area is 83.7 Å². The van der Waals surface area contributed by atoms with Crippen LogP contribution in [0.25, 0.3) is 6.08 Å². The van der Waals surface area contributed by atoms with Gasteiger partial charge in [-0.1, -0.05) is 36.4 Å². The zero-order valence-electron chi connectivity index (χ0n) is 7.41. The maximum atomic E-state index is 8.59. The molecule has 1 aromatic carbocycles. The van der Waals surface area contributed by atoms with Crippen molar-refractivity contribution in [1.82, 2.24) is 0 Å². The van der Waals surface area contributed by atoms with Gasteiger partial charge in [-0.05, 0) is 17.5 Å². The Morgan fingerprint density at radius 3 is 2.77 bits per heavy atom. The Balaban J connectivity index is 2.74. The van der Waals surface area contributed by atoms with Gasteiger partial charge in [0, 0.05) is 12.5 Å². The van der Waals surface area contributed by atoms with Crippen LogP contribution in [-0.4, -0.2) is 11.7 Å². The van der Waals surface area contributed by atoms with Gasteiger partial charge in [0.1, 0.15) is 0 Å². The molecule has 70 valence electrons. The highest BCUT2D eigenvalue weighted by molar-refractivity contribution is 6.17. The third kappa shape index (κ3) is 3.21. The first-order chi connectivity index (χ1) is 6.38. The minimum Gasteiger partial charge on any atom is -0.396 e. The molecule has 0 bridgehead atoms. The van der Waals surface area contributed by atoms with Crippen LogP contribution in [0.1, 0.15) is 17.5 Å². The van der Waals surface area contributed by atoms with E-state index in [4.69, 9.17) is 16.7 Å². The van der Waals surface area contributed by atoms with Gasteiger partial charge in [-0.25, -0.2) is 0 Å². The summed E-state index contributed by atoms with van der Waals surface area (Å²) in [5.41, 5.74) is 2.25. The predicted molar refractivity (Wildman–Crippen MR) is 56.7 cm³/mol. The number of halogens is 1. The van der Waals surface area contributed by atoms with E-state index in [-0.39, 0.29) is 6.61 Å². The van der Waals surface area contributed by atoms with E-state index in [1.165, 1.54) is 0 Å². The first kappa shape index (κ1) is 10.3. The summed E-state index contributed by atoms with van der Waals surface area (Å²) >= 11 is 5.76. The Kier molecular flexibility index (Phi) is 4.58. The Morgan fingerprint density at radius 2 is 2.08 bits per heavy atom. The molecule has 0 heterocycles. The SMILES string of the molecule is OCCC=Cc1ccccc1CCl. The molecule has 1 rings (SSSR count). The standard InChI is InChI=1S/C11H13ClO/c12-9-11-7-2-1-5-10(11)6-3-4-8-13/h1-3,5-7,13H,4,8-9H2. The molecule has 0 aliphatic heterocycles. The fourth-order valence-electron chi connectivity index (χ4n) is 1.10. The summed E-state index contributed by atoms with van der Waals surface area (Å²) in [7, 11) is 0. The van der Waals surface area contributed by atoms with Crippen molar-refractivity contribution in [3.8, 4) is 0 Å². The van der Waals surface area contributed by atoms with Crippen molar-refractivity contribution in [2.24, 2.45) is 0 Å². The molecular formula is C11H13ClO. The lowest BCUT2D eigenvalue weighted by Crippen LogP contribution is -1.83. The number of aliphatic hydroxyl groups is 1. The van der Waals surface area contributed by atoms with Crippen molar-refractivity contribution < 1.29 is 5.11 Å². The lowest BCUT2D eigenvalue weighted by Gasteiger charge is -2.00. The molecule has 0 atom stereocenters. The van der Waals surface area contributed by atoms with E-state index in [9.17, 15) is 0 Å². The lowest BCUT2D eigenvalue weighted by atomic mass is 10.1. The molecule has 13 heavy (non-hydrogen) atoms. The molecule has 0 fully saturated rings. The molecule has 0 amide bonds. The van der Waals surface area contributed by atoms with Gasteiger partial charge in [-0.3, -0.25) is 0 Å². The topological polar surface area (TPSA) is 20.2 Å². The maximum absolute atomic E-state index is 8.59. The van der Waals surface area contributed by atoms with Gasteiger partial charge >= 0.3 is 0 Å². The second-order valence-corrected chi connectivity index (χ2v) is 3.01. The van der Waals surface area contributed by atoms with Gasteiger partial charge in [0.05, 0.1) is 0 Å². The third-order valence-corrected chi connectivity index (χ3v) is 2.08. The second-order valence-electron chi connectivity index (χ2n) is 2.75. The van der Waals surface area contributed by atoms with Gasteiger partial charge in [-0.2, -0.15) is 0 Å². The summed E-state index contributed by atoms with van der Waals surface area (Å²) in [5.74, 6) is 0.527. The van der Waals surface area contributed by atoms with Crippen LogP contribution in [0.15, 0.2) is 30.3 Å². The summed E-state index contributed by atoms with van der Waals surface area (Å²) in [6.07, 6.45) is 4.63. The highest BCUT2D eigenvalue weighted by Crippen LogP contribution is 2.13. The molecule has 0 radical (unpaired) electrons. The van der Waals surface area contributed by atoms with Crippen LogP contribution < -0.4 is 0 Å². The van der Waals surface area contributed by atoms with Crippen LogP contribution in [0.3, 0.4) is 0 Å². The Morgan fingerprint density at radius 1 is 1.31 bits per heavy atom. The monoisotopic (exact) mass is 196 g/mol. The number of benzene rings is 1. The van der Waals surface area contributed by atoms with Gasteiger partial charge in [0.15, 0.2) is 0 Å². The summed E-state index contributed by atoms with van der Waals surface area (Å²) in [4.78, 5) is 0. The van der Waals surface area contributed by atoms with Crippen LogP contribution in [0.5, 0.6) is 0 Å². The molecule has 0 spiro atoms. The minimum atomic E-state index is 0.194. The molecule has 0 aromatic heterocycles. The lowest BCUT2D eigenvalue weighted by molar-refractivity contribution is 0.303. The van der Waals surface area contributed by atoms with Crippen LogP contribution >= 0.6 is 11.6 Å². The van der Waals surface area contributed by atoms with E-state index in [0.717, 1.165) is 11.1 Å². The molecule has 0 aliphatic rings. The largest absolute Gasteiger partial charge is 0.396 e. The van der Waals surface area contributed by atoms with Crippen molar-refractivity contribution >= 4 is 17.7 Å². The first-order valence-electron chi connectivity index (χ1n) is 4.29. The zero-order valence-corrected chi connectivity index (χ0v) is 8.17. The van der Waals surface area contributed by atoms with E-state index < -0.39 is 0 Å². The zero-order chi connectivity index (χ0) is 9.52. The van der Waals surface area contributed by atoms with E-state index in [1.807, 2.05) is 36.4 Å². The molecule has 0 saturated heterocycles. The molecule has 1 N–H and O–H groups in total. The first-order valence-corrected chi connectivity index (χ1v) is 4.83. The van der Waals surface area contributed by atoms with Crippen LogP contribution in [0.2, 0.25) is 0 Å². The van der Waals surface area contributed by atoms with E-state index >= 15 is 0 Å². The molecule has 2 heteroatoms. The van der Waals surface area contributed by atoms with E-state index in [1.54, 1.807) is 0 Å². The summed E-state index contributed by atoms with van der Waals surface area (Å²) in [6.45, 7) is 0.194. The van der Waals surface area contributed by atoms with Crippen molar-refractivity contribution in [2.75, 3.05) is 6.61 Å². The molecule has 1 nitrogen and oxygen atoms in total. The van der Waals surface area contributed by atoms with Gasteiger partial charge < -0.3 is 5.11 Å². The predicted octanol–water partition coefficient (Wildman–Crippen LogP) is 2.82. The average Bonchev–Trinajstić information content (AvgIpc) is 2.19. The Bertz CT molecular complexity index is 281. The molecule has 1 aromatic rings. The molecule has 0 saturated carbocycles. The highest BCUT2D eigenvalue weighted by atomic mass is 35.5. The Hall–Kier alpha value is -0.790. The van der Waals surface area contributed by atoms with Crippen molar-refractivity contribution in [1.29, 1.82) is 0 Å². The van der Waals surface area contributed by atoms with Gasteiger partial charge in [0.25, 0.3) is 0 Å². The molecule has 0 aliphatic carbocycles. The summed E-state index contributed by atoms with van der Waals surface area (Å²) < 4.78 is 0. The van der Waals surface area contributed by atoms with Gasteiger partial charge in [0.2, 0.25) is 0 Å². The minimum absolute atomic E-state index is 0.194. The second kappa shape index (κ2) is 5.79. The highest BCUT2D eigenvalue weighted by Gasteiger charge is 1.94. The van der Waals surface area contributed by atoms with E-state index in [2.05, 4.69) is 0 Å². The molecule has 0 unspecified atom stereocenters. The van der Waals surface area contributed by atoms with Crippen LogP contribution in [-0.2, 0) is 5.88 Å². The van der Waals surface area contributed by atoms with Crippen molar-refractivity contribution in [3.05, 3.63) is 41.5 Å². The van der Waals surface area contributed by atoms with Crippen LogP contribution in [0, 0.1) is 0 Å². The fourth-order valence-corrected chi connectivity index (χ4v) is 1.35. The molecular weight excluding hydrogens is 184 g/mol. The quantitative estimate of drug-likeness (QED) is 0.735. The van der Waals surface area contributed by atoms with Gasteiger partial charge in [-0.15, -0.1) is 11.6 Å². The van der Waals surface area contributed by atoms with Crippen LogP contribution in [0.4, 0.5) is 0 Å². The smallest absolute Gasteiger partial charge is 0.0479 e.